The second kappa shape index (κ2) is 6.61. The summed E-state index contributed by atoms with van der Waals surface area (Å²) in [6.07, 6.45) is 2.17. The number of carbonyl (C=O) groups excluding carboxylic acids is 1. The zero-order chi connectivity index (χ0) is 13.7. The molecule has 1 aliphatic rings. The van der Waals surface area contributed by atoms with Gasteiger partial charge in [0, 0.05) is 25.7 Å². The van der Waals surface area contributed by atoms with Gasteiger partial charge in [0.1, 0.15) is 0 Å². The van der Waals surface area contributed by atoms with Crippen LogP contribution in [-0.4, -0.2) is 52.6 Å². The normalized spacial score (nSPS) is 19.3. The summed E-state index contributed by atoms with van der Waals surface area (Å²) in [5.74, 6) is -0.260. The largest absolute Gasteiger partial charge is 0.481 e. The first kappa shape index (κ1) is 14.8. The summed E-state index contributed by atoms with van der Waals surface area (Å²) in [4.78, 5) is 26.5. The molecule has 0 aromatic heterocycles. The third-order valence-electron chi connectivity index (χ3n) is 3.57. The molecular formula is C13H24N2O3. The second-order valence-electron chi connectivity index (χ2n) is 5.22. The highest BCUT2D eigenvalue weighted by atomic mass is 16.4. The smallest absolute Gasteiger partial charge is 0.320 e. The van der Waals surface area contributed by atoms with E-state index in [9.17, 15) is 9.59 Å². The van der Waals surface area contributed by atoms with Crippen molar-refractivity contribution in [1.82, 2.24) is 9.80 Å². The molecule has 1 rings (SSSR count). The number of amides is 2. The van der Waals surface area contributed by atoms with Crippen molar-refractivity contribution in [2.75, 3.05) is 19.6 Å². The van der Waals surface area contributed by atoms with Gasteiger partial charge >= 0.3 is 12.0 Å². The van der Waals surface area contributed by atoms with E-state index in [0.29, 0.717) is 12.5 Å². The van der Waals surface area contributed by atoms with E-state index in [1.807, 2.05) is 18.7 Å². The van der Waals surface area contributed by atoms with Crippen molar-refractivity contribution in [3.8, 4) is 0 Å². The molecule has 104 valence electrons. The van der Waals surface area contributed by atoms with Gasteiger partial charge < -0.3 is 14.9 Å². The van der Waals surface area contributed by atoms with Crippen molar-refractivity contribution in [3.05, 3.63) is 0 Å². The minimum absolute atomic E-state index is 0.00890. The van der Waals surface area contributed by atoms with Crippen molar-refractivity contribution < 1.29 is 14.7 Å². The van der Waals surface area contributed by atoms with Crippen molar-refractivity contribution in [2.45, 2.75) is 46.1 Å². The Morgan fingerprint density at radius 2 is 2.11 bits per heavy atom. The van der Waals surface area contributed by atoms with Crippen LogP contribution in [0.15, 0.2) is 0 Å². The molecule has 5 heteroatoms. The molecule has 0 aromatic rings. The van der Waals surface area contributed by atoms with Crippen LogP contribution in [0.25, 0.3) is 0 Å². The molecule has 1 fully saturated rings. The molecule has 1 atom stereocenters. The van der Waals surface area contributed by atoms with E-state index in [-0.39, 0.29) is 18.5 Å². The van der Waals surface area contributed by atoms with Crippen LogP contribution >= 0.6 is 0 Å². The molecule has 0 aliphatic carbocycles. The van der Waals surface area contributed by atoms with E-state index in [1.165, 1.54) is 0 Å². The number of carboxylic acids is 1. The topological polar surface area (TPSA) is 60.9 Å². The van der Waals surface area contributed by atoms with Crippen molar-refractivity contribution >= 4 is 12.0 Å². The fourth-order valence-electron chi connectivity index (χ4n) is 2.31. The summed E-state index contributed by atoms with van der Waals surface area (Å²) in [6, 6.07) is 0.0275. The van der Waals surface area contributed by atoms with E-state index in [2.05, 4.69) is 6.92 Å². The van der Waals surface area contributed by atoms with Crippen molar-refractivity contribution in [2.24, 2.45) is 5.92 Å². The van der Waals surface area contributed by atoms with Crippen molar-refractivity contribution in [1.29, 1.82) is 0 Å². The fraction of sp³-hybridized carbons (Fsp3) is 0.846. The lowest BCUT2D eigenvalue weighted by Gasteiger charge is -2.31. The maximum atomic E-state index is 12.3. The Bertz CT molecular complexity index is 305. The van der Waals surface area contributed by atoms with E-state index >= 15 is 0 Å². The Balaban J connectivity index is 2.57. The predicted molar refractivity (Wildman–Crippen MR) is 69.5 cm³/mol. The summed E-state index contributed by atoms with van der Waals surface area (Å²) in [5, 5.41) is 8.72. The first-order chi connectivity index (χ1) is 8.45. The molecule has 1 N–H and O–H groups in total. The van der Waals surface area contributed by atoms with E-state index in [4.69, 9.17) is 5.11 Å². The molecule has 0 aromatic carbocycles. The molecule has 1 unspecified atom stereocenters. The maximum absolute atomic E-state index is 12.3. The Kier molecular flexibility index (Phi) is 5.44. The van der Waals surface area contributed by atoms with Gasteiger partial charge in [-0.25, -0.2) is 4.79 Å². The summed E-state index contributed by atoms with van der Waals surface area (Å²) in [7, 11) is 0. The molecule has 2 amide bonds. The Hall–Kier alpha value is -1.26. The van der Waals surface area contributed by atoms with Crippen LogP contribution in [0, 0.1) is 5.92 Å². The third kappa shape index (κ3) is 3.89. The quantitative estimate of drug-likeness (QED) is 0.818. The standard InChI is InChI=1S/C13H24N2O3/c1-4-11-5-7-14(9-11)13(18)15(10(2)3)8-6-12(16)17/h10-11H,4-9H2,1-3H3,(H,16,17). The molecule has 0 spiro atoms. The van der Waals surface area contributed by atoms with E-state index in [1.54, 1.807) is 4.90 Å². The Morgan fingerprint density at radius 1 is 1.44 bits per heavy atom. The number of hydrogen-bond acceptors (Lipinski definition) is 2. The second-order valence-corrected chi connectivity index (χ2v) is 5.22. The summed E-state index contributed by atoms with van der Waals surface area (Å²) in [5.41, 5.74) is 0. The van der Waals surface area contributed by atoms with Gasteiger partial charge in [-0.3, -0.25) is 4.79 Å². The molecule has 0 radical (unpaired) electrons. The van der Waals surface area contributed by atoms with Crippen LogP contribution < -0.4 is 0 Å². The molecule has 1 heterocycles. The number of carboxylic acid groups (broad SMARTS) is 1. The van der Waals surface area contributed by atoms with Crippen LogP contribution in [0.5, 0.6) is 0 Å². The summed E-state index contributed by atoms with van der Waals surface area (Å²) in [6.45, 7) is 7.89. The van der Waals surface area contributed by atoms with Gasteiger partial charge in [0.15, 0.2) is 0 Å². The van der Waals surface area contributed by atoms with Gasteiger partial charge in [0.05, 0.1) is 6.42 Å². The lowest BCUT2D eigenvalue weighted by atomic mass is 10.1. The van der Waals surface area contributed by atoms with Crippen LogP contribution in [-0.2, 0) is 4.79 Å². The molecule has 1 saturated heterocycles. The molecule has 1 aliphatic heterocycles. The van der Waals surface area contributed by atoms with Gasteiger partial charge in [-0.1, -0.05) is 13.3 Å². The molecule has 18 heavy (non-hydrogen) atoms. The highest BCUT2D eigenvalue weighted by molar-refractivity contribution is 5.76. The van der Waals surface area contributed by atoms with E-state index in [0.717, 1.165) is 25.9 Å². The minimum Gasteiger partial charge on any atom is -0.481 e. The molecule has 5 nitrogen and oxygen atoms in total. The first-order valence-electron chi connectivity index (χ1n) is 6.73. The molecule has 0 bridgehead atoms. The lowest BCUT2D eigenvalue weighted by Crippen LogP contribution is -2.46. The number of aliphatic carboxylic acids is 1. The number of nitrogens with zero attached hydrogens (tertiary/aromatic N) is 2. The average molecular weight is 256 g/mol. The Labute approximate surface area is 109 Å². The first-order valence-corrected chi connectivity index (χ1v) is 6.73. The summed E-state index contributed by atoms with van der Waals surface area (Å²) >= 11 is 0. The monoisotopic (exact) mass is 256 g/mol. The highest BCUT2D eigenvalue weighted by Gasteiger charge is 2.29. The number of rotatable bonds is 5. The number of likely N-dealkylation sites (tertiary alicyclic amines) is 1. The zero-order valence-corrected chi connectivity index (χ0v) is 11.6. The van der Waals surface area contributed by atoms with Gasteiger partial charge in [-0.2, -0.15) is 0 Å². The van der Waals surface area contributed by atoms with Crippen LogP contribution in [0.3, 0.4) is 0 Å². The highest BCUT2D eigenvalue weighted by Crippen LogP contribution is 2.21. The predicted octanol–water partition coefficient (Wildman–Crippen LogP) is 2.02. The number of urea groups is 1. The maximum Gasteiger partial charge on any atom is 0.320 e. The van der Waals surface area contributed by atoms with Crippen LogP contribution in [0.2, 0.25) is 0 Å². The SMILES string of the molecule is CCC1CCN(C(=O)N(CCC(=O)O)C(C)C)C1. The third-order valence-corrected chi connectivity index (χ3v) is 3.57. The average Bonchev–Trinajstić information content (AvgIpc) is 2.76. The Morgan fingerprint density at radius 3 is 2.56 bits per heavy atom. The molecule has 0 saturated carbocycles. The van der Waals surface area contributed by atoms with Crippen molar-refractivity contribution in [3.63, 3.8) is 0 Å². The van der Waals surface area contributed by atoms with Gasteiger partial charge in [-0.05, 0) is 26.2 Å². The van der Waals surface area contributed by atoms with Crippen LogP contribution in [0.1, 0.15) is 40.0 Å². The number of hydrogen-bond donors (Lipinski definition) is 1. The van der Waals surface area contributed by atoms with E-state index < -0.39 is 5.97 Å². The number of carbonyl (C=O) groups is 2. The molecular weight excluding hydrogens is 232 g/mol. The lowest BCUT2D eigenvalue weighted by molar-refractivity contribution is -0.137. The minimum atomic E-state index is -0.860. The van der Waals surface area contributed by atoms with Gasteiger partial charge in [0.25, 0.3) is 0 Å². The van der Waals surface area contributed by atoms with Gasteiger partial charge in [0.2, 0.25) is 0 Å². The fourth-order valence-corrected chi connectivity index (χ4v) is 2.31. The van der Waals surface area contributed by atoms with Gasteiger partial charge in [-0.15, -0.1) is 0 Å². The zero-order valence-electron chi connectivity index (χ0n) is 11.6. The summed E-state index contributed by atoms with van der Waals surface area (Å²) < 4.78 is 0. The van der Waals surface area contributed by atoms with Crippen LogP contribution in [0.4, 0.5) is 4.79 Å².